The highest BCUT2D eigenvalue weighted by atomic mass is 35.5. The fourth-order valence-corrected chi connectivity index (χ4v) is 7.80. The number of hydrogen-bond donors (Lipinski definition) is 3. The van der Waals surface area contributed by atoms with E-state index in [-0.39, 0.29) is 37.3 Å². The molecule has 3 N–H and O–H groups in total. The van der Waals surface area contributed by atoms with E-state index in [0.29, 0.717) is 42.8 Å². The van der Waals surface area contributed by atoms with Crippen molar-refractivity contribution in [2.24, 2.45) is 11.1 Å². The van der Waals surface area contributed by atoms with E-state index in [1.807, 2.05) is 19.1 Å². The number of carbonyl (C=O) groups is 5. The molecule has 4 atom stereocenters. The van der Waals surface area contributed by atoms with Gasteiger partial charge in [0.15, 0.2) is 5.60 Å². The lowest BCUT2D eigenvalue weighted by molar-refractivity contribution is -0.147. The molecule has 2 aliphatic heterocycles. The summed E-state index contributed by atoms with van der Waals surface area (Å²) >= 11 is 6.25. The van der Waals surface area contributed by atoms with Gasteiger partial charge in [0.2, 0.25) is 23.5 Å². The van der Waals surface area contributed by atoms with Crippen LogP contribution in [0.25, 0.3) is 0 Å². The lowest BCUT2D eigenvalue weighted by Crippen LogP contribution is -2.60. The quantitative estimate of drug-likeness (QED) is 0.251. The van der Waals surface area contributed by atoms with E-state index in [9.17, 15) is 24.0 Å². The van der Waals surface area contributed by atoms with Crippen molar-refractivity contribution in [3.8, 4) is 0 Å². The molecule has 0 bridgehead atoms. The number of nitrogens with one attached hydrogen (secondary N) is 3. The highest BCUT2D eigenvalue weighted by Gasteiger charge is 2.60. The number of ketones is 1. The maximum Gasteiger partial charge on any atom is 0.289 e. The van der Waals surface area contributed by atoms with Gasteiger partial charge in [-0.25, -0.2) is 0 Å². The van der Waals surface area contributed by atoms with Crippen molar-refractivity contribution >= 4 is 46.7 Å². The molecular weight excluding hydrogens is 650 g/mol. The zero-order chi connectivity index (χ0) is 34.8. The Hall–Kier alpha value is -3.51. The van der Waals surface area contributed by atoms with E-state index in [0.717, 1.165) is 44.1 Å². The molecule has 4 amide bonds. The molecule has 0 unspecified atom stereocenters. The van der Waals surface area contributed by atoms with E-state index in [4.69, 9.17) is 21.2 Å². The monoisotopic (exact) mass is 697 g/mol. The Labute approximate surface area is 292 Å². The number of rotatable bonds is 14. The number of oxime groups is 1. The molecule has 3 saturated carbocycles. The van der Waals surface area contributed by atoms with Crippen LogP contribution in [0, 0.1) is 5.92 Å². The van der Waals surface area contributed by atoms with E-state index in [1.54, 1.807) is 12.1 Å². The number of benzene rings is 1. The second-order valence-electron chi connectivity index (χ2n) is 14.6. The molecule has 5 aliphatic rings. The van der Waals surface area contributed by atoms with Gasteiger partial charge in [0.25, 0.3) is 5.91 Å². The van der Waals surface area contributed by atoms with Gasteiger partial charge in [-0.05, 0) is 63.0 Å². The van der Waals surface area contributed by atoms with Gasteiger partial charge in [0.1, 0.15) is 12.1 Å². The van der Waals surface area contributed by atoms with E-state index >= 15 is 0 Å². The first kappa shape index (κ1) is 35.3. The maximum absolute atomic E-state index is 14.7. The van der Waals surface area contributed by atoms with Crippen molar-refractivity contribution in [2.75, 3.05) is 13.7 Å². The zero-order valence-corrected chi connectivity index (χ0v) is 29.2. The Morgan fingerprint density at radius 3 is 2.49 bits per heavy atom. The van der Waals surface area contributed by atoms with Gasteiger partial charge in [-0.1, -0.05) is 61.5 Å². The van der Waals surface area contributed by atoms with Crippen LogP contribution >= 0.6 is 11.6 Å². The summed E-state index contributed by atoms with van der Waals surface area (Å²) in [5.74, 6) is -2.37. The minimum atomic E-state index is -1.05. The number of hydrogen-bond acceptors (Lipinski definition) is 8. The van der Waals surface area contributed by atoms with Gasteiger partial charge < -0.3 is 30.4 Å². The number of amides is 4. The maximum atomic E-state index is 14.7. The van der Waals surface area contributed by atoms with Crippen LogP contribution in [0.1, 0.15) is 102 Å². The molecule has 266 valence electrons. The second-order valence-corrected chi connectivity index (χ2v) is 15.1. The third-order valence-corrected chi connectivity index (χ3v) is 11.0. The number of Topliss-reactive ketones (excluding diaryl/α,β-unsaturated/α-hetero) is 1. The Kier molecular flexibility index (Phi) is 10.6. The lowest BCUT2D eigenvalue weighted by atomic mass is 9.86. The zero-order valence-electron chi connectivity index (χ0n) is 28.4. The molecule has 0 aromatic heterocycles. The third kappa shape index (κ3) is 8.11. The highest BCUT2D eigenvalue weighted by molar-refractivity contribution is 6.38. The van der Waals surface area contributed by atoms with Crippen molar-refractivity contribution in [1.82, 2.24) is 20.9 Å². The van der Waals surface area contributed by atoms with Gasteiger partial charge in [0.05, 0.1) is 23.9 Å². The summed E-state index contributed by atoms with van der Waals surface area (Å²) in [4.78, 5) is 75.6. The first-order chi connectivity index (χ1) is 23.5. The van der Waals surface area contributed by atoms with E-state index < -0.39 is 52.8 Å². The summed E-state index contributed by atoms with van der Waals surface area (Å²) in [6.45, 7) is 1.90. The molecule has 13 heteroatoms. The average molecular weight is 698 g/mol. The predicted octanol–water partition coefficient (Wildman–Crippen LogP) is 3.57. The van der Waals surface area contributed by atoms with Crippen LogP contribution < -0.4 is 16.0 Å². The minimum absolute atomic E-state index is 0.00813. The van der Waals surface area contributed by atoms with Crippen molar-refractivity contribution in [2.45, 2.75) is 132 Å². The molecular formula is C36H48ClN5O7. The number of carbonyl (C=O) groups excluding carboxylic acids is 5. The molecule has 6 rings (SSSR count). The smallest absolute Gasteiger partial charge is 0.289 e. The first-order valence-corrected chi connectivity index (χ1v) is 18.2. The molecule has 1 aromatic rings. The summed E-state index contributed by atoms with van der Waals surface area (Å²) in [7, 11) is 1.54. The van der Waals surface area contributed by atoms with E-state index in [1.165, 1.54) is 18.4 Å². The topological polar surface area (TPSA) is 156 Å². The molecule has 49 heavy (non-hydrogen) atoms. The summed E-state index contributed by atoms with van der Waals surface area (Å²) in [5, 5.41) is 13.4. The fraction of sp³-hybridized carbons (Fsp3) is 0.667. The van der Waals surface area contributed by atoms with Crippen molar-refractivity contribution in [1.29, 1.82) is 0 Å². The number of likely N-dealkylation sites (tertiary alicyclic amines) is 1. The Morgan fingerprint density at radius 1 is 1.08 bits per heavy atom. The van der Waals surface area contributed by atoms with Crippen LogP contribution in [0.5, 0.6) is 0 Å². The van der Waals surface area contributed by atoms with Gasteiger partial charge >= 0.3 is 0 Å². The highest BCUT2D eigenvalue weighted by Crippen LogP contribution is 2.45. The van der Waals surface area contributed by atoms with Crippen LogP contribution in [-0.2, 0) is 33.5 Å². The van der Waals surface area contributed by atoms with Gasteiger partial charge in [-0.3, -0.25) is 24.0 Å². The normalized spacial score (nSPS) is 25.6. The SMILES string of the molecule is CCC[C@H](NC(=O)[C@@H]1C[C@]2(CC(c3cccc(Cl)c3)=NO2)CN1C(=O)[C@@H](NC(=O)CC1CCCCC1)C1(OC)CC1)C(=O)C(=O)NC1CC1. The van der Waals surface area contributed by atoms with Crippen molar-refractivity contribution in [3.05, 3.63) is 34.9 Å². The summed E-state index contributed by atoms with van der Waals surface area (Å²) in [6.07, 6.45) is 9.72. The molecule has 1 saturated heterocycles. The summed E-state index contributed by atoms with van der Waals surface area (Å²) < 4.78 is 5.85. The number of nitrogens with zero attached hydrogens (tertiary/aromatic N) is 2. The Morgan fingerprint density at radius 2 is 1.84 bits per heavy atom. The molecule has 2 heterocycles. The Bertz CT molecular complexity index is 1490. The predicted molar refractivity (Wildman–Crippen MR) is 182 cm³/mol. The van der Waals surface area contributed by atoms with Crippen LogP contribution in [0.3, 0.4) is 0 Å². The number of halogens is 1. The minimum Gasteiger partial charge on any atom is -0.387 e. The van der Waals surface area contributed by atoms with Crippen molar-refractivity contribution in [3.63, 3.8) is 0 Å². The molecule has 12 nitrogen and oxygen atoms in total. The summed E-state index contributed by atoms with van der Waals surface area (Å²) in [5.41, 5.74) is -0.491. The second kappa shape index (κ2) is 14.8. The molecule has 1 aromatic carbocycles. The van der Waals surface area contributed by atoms with Gasteiger partial charge in [-0.15, -0.1) is 0 Å². The number of methoxy groups -OCH3 is 1. The average Bonchev–Trinajstić information content (AvgIpc) is 4.01. The molecule has 1 spiro atoms. The third-order valence-electron chi connectivity index (χ3n) is 10.8. The Balaban J connectivity index is 1.24. The standard InChI is InChI=1S/C36H48ClN5O7/c1-3-8-26(30(44)33(46)38-25-13-14-25)39-32(45)28-20-35(19-27(41-49-35)23-11-7-12-24(37)18-23)21-42(28)34(47)31(36(48-2)15-16-36)40-29(43)17-22-9-5-4-6-10-22/h7,11-12,18,22,25-26,28,31H,3-6,8-10,13-17,19-21H2,1-2H3,(H,38,46)(H,39,45)(H,40,43)/t26-,28-,31+,35+/m0/s1. The summed E-state index contributed by atoms with van der Waals surface area (Å²) in [6, 6.07) is 4.12. The molecule has 4 fully saturated rings. The van der Waals surface area contributed by atoms with Gasteiger partial charge in [0, 0.05) is 43.0 Å². The largest absolute Gasteiger partial charge is 0.387 e. The van der Waals surface area contributed by atoms with Crippen LogP contribution in [-0.4, -0.2) is 89.0 Å². The van der Waals surface area contributed by atoms with Crippen LogP contribution in [0.2, 0.25) is 5.02 Å². The van der Waals surface area contributed by atoms with Crippen LogP contribution in [0.15, 0.2) is 29.4 Å². The molecule has 0 radical (unpaired) electrons. The van der Waals surface area contributed by atoms with Gasteiger partial charge in [-0.2, -0.15) is 0 Å². The fourth-order valence-electron chi connectivity index (χ4n) is 7.61. The van der Waals surface area contributed by atoms with Crippen LogP contribution in [0.4, 0.5) is 0 Å². The molecule has 3 aliphatic carbocycles. The number of ether oxygens (including phenoxy) is 1. The van der Waals surface area contributed by atoms with E-state index in [2.05, 4.69) is 21.1 Å². The lowest BCUT2D eigenvalue weighted by Gasteiger charge is -2.33. The van der Waals surface area contributed by atoms with Crippen molar-refractivity contribution < 1.29 is 33.5 Å². The first-order valence-electron chi connectivity index (χ1n) is 17.9.